The third-order valence-electron chi connectivity index (χ3n) is 2.49. The molecule has 74 valence electrons. The van der Waals surface area contributed by atoms with Gasteiger partial charge in [-0.3, -0.25) is 9.59 Å². The zero-order valence-corrected chi connectivity index (χ0v) is 9.34. The first-order valence-corrected chi connectivity index (χ1v) is 5.59. The van der Waals surface area contributed by atoms with Crippen LogP contribution in [0.5, 0.6) is 0 Å². The number of alkyl halides is 1. The molecule has 0 aromatic heterocycles. The molecule has 0 aromatic carbocycles. The van der Waals surface area contributed by atoms with Crippen LogP contribution in [0.4, 0.5) is 0 Å². The molecule has 0 atom stereocenters. The zero-order valence-electron chi connectivity index (χ0n) is 7.75. The quantitative estimate of drug-likeness (QED) is 0.549. The number of halogens is 1. The second-order valence-electron chi connectivity index (χ2n) is 3.50. The van der Waals surface area contributed by atoms with Crippen LogP contribution in [0.15, 0.2) is 0 Å². The number of nitrogens with zero attached hydrogens (tertiary/aromatic N) is 1. The van der Waals surface area contributed by atoms with Gasteiger partial charge in [-0.2, -0.15) is 0 Å². The van der Waals surface area contributed by atoms with Crippen molar-refractivity contribution in [3.05, 3.63) is 0 Å². The molecule has 0 unspecified atom stereocenters. The highest BCUT2D eigenvalue weighted by molar-refractivity contribution is 9.09. The second-order valence-corrected chi connectivity index (χ2v) is 4.06. The van der Waals surface area contributed by atoms with E-state index >= 15 is 0 Å². The Morgan fingerprint density at radius 1 is 1.38 bits per heavy atom. The summed E-state index contributed by atoms with van der Waals surface area (Å²) in [6.45, 7) is 1.85. The number of ketones is 2. The van der Waals surface area contributed by atoms with E-state index in [0.29, 0.717) is 0 Å². The van der Waals surface area contributed by atoms with E-state index in [1.807, 2.05) is 7.05 Å². The van der Waals surface area contributed by atoms with Gasteiger partial charge in [-0.05, 0) is 33.0 Å². The Kier molecular flexibility index (Phi) is 4.06. The lowest BCUT2D eigenvalue weighted by atomic mass is 9.91. The predicted octanol–water partition coefficient (Wildman–Crippen LogP) is 0.861. The molecule has 13 heavy (non-hydrogen) atoms. The highest BCUT2D eigenvalue weighted by atomic mass is 79.9. The minimum absolute atomic E-state index is 0.0266. The lowest BCUT2D eigenvalue weighted by molar-refractivity contribution is -0.138. The molecule has 1 heterocycles. The average molecular weight is 248 g/mol. The molecule has 1 saturated heterocycles. The summed E-state index contributed by atoms with van der Waals surface area (Å²) < 4.78 is 0. The molecule has 0 N–H and O–H groups in total. The molecule has 1 fully saturated rings. The third-order valence-corrected chi connectivity index (χ3v) is 2.99. The Morgan fingerprint density at radius 3 is 2.38 bits per heavy atom. The maximum atomic E-state index is 11.4. The first-order valence-electron chi connectivity index (χ1n) is 4.46. The van der Waals surface area contributed by atoms with Gasteiger partial charge in [-0.1, -0.05) is 15.9 Å². The van der Waals surface area contributed by atoms with Crippen LogP contribution in [-0.2, 0) is 9.59 Å². The Bertz CT molecular complexity index is 210. The topological polar surface area (TPSA) is 37.4 Å². The van der Waals surface area contributed by atoms with Crippen LogP contribution in [0.1, 0.15) is 12.8 Å². The molecule has 4 heteroatoms. The van der Waals surface area contributed by atoms with E-state index < -0.39 is 0 Å². The molecular weight excluding hydrogens is 234 g/mol. The second kappa shape index (κ2) is 4.86. The van der Waals surface area contributed by atoms with Gasteiger partial charge < -0.3 is 4.90 Å². The van der Waals surface area contributed by atoms with Crippen LogP contribution in [-0.4, -0.2) is 41.9 Å². The Hall–Kier alpha value is -0.220. The van der Waals surface area contributed by atoms with Gasteiger partial charge in [-0.25, -0.2) is 0 Å². The highest BCUT2D eigenvalue weighted by Crippen LogP contribution is 2.17. The first kappa shape index (κ1) is 10.9. The number of Topliss-reactive ketones (excluding diaryl/α,β-unsaturated/α-hetero) is 2. The standard InChI is InChI=1S/C9H14BrNO2/c1-11-4-2-7(3-5-11)9(13)8(12)6-10/h7H,2-6H2,1H3. The lowest BCUT2D eigenvalue weighted by Gasteiger charge is -2.27. The highest BCUT2D eigenvalue weighted by Gasteiger charge is 2.27. The van der Waals surface area contributed by atoms with E-state index in [-0.39, 0.29) is 22.8 Å². The van der Waals surface area contributed by atoms with Crippen molar-refractivity contribution in [2.75, 3.05) is 25.5 Å². The summed E-state index contributed by atoms with van der Waals surface area (Å²) >= 11 is 3.01. The van der Waals surface area contributed by atoms with Crippen LogP contribution in [0, 0.1) is 5.92 Å². The molecule has 0 bridgehead atoms. The van der Waals surface area contributed by atoms with Crippen molar-refractivity contribution in [3.63, 3.8) is 0 Å². The summed E-state index contributed by atoms with van der Waals surface area (Å²) in [5.74, 6) is -0.499. The maximum Gasteiger partial charge on any atom is 0.209 e. The largest absolute Gasteiger partial charge is 0.306 e. The van der Waals surface area contributed by atoms with E-state index in [1.165, 1.54) is 0 Å². The average Bonchev–Trinajstić information content (AvgIpc) is 2.17. The van der Waals surface area contributed by atoms with Crippen molar-refractivity contribution in [2.45, 2.75) is 12.8 Å². The summed E-state index contributed by atoms with van der Waals surface area (Å²) in [5, 5.41) is 0.165. The molecule has 1 aliphatic rings. The van der Waals surface area contributed by atoms with Gasteiger partial charge in [-0.15, -0.1) is 0 Å². The summed E-state index contributed by atoms with van der Waals surface area (Å²) in [6, 6.07) is 0. The van der Waals surface area contributed by atoms with E-state index in [4.69, 9.17) is 0 Å². The fourth-order valence-corrected chi connectivity index (χ4v) is 1.84. The van der Waals surface area contributed by atoms with Crippen LogP contribution in [0.2, 0.25) is 0 Å². The summed E-state index contributed by atoms with van der Waals surface area (Å²) in [7, 11) is 2.03. The van der Waals surface area contributed by atoms with Gasteiger partial charge in [0.1, 0.15) is 0 Å². The summed E-state index contributed by atoms with van der Waals surface area (Å²) in [6.07, 6.45) is 1.65. The van der Waals surface area contributed by atoms with Gasteiger partial charge in [0.15, 0.2) is 0 Å². The van der Waals surface area contributed by atoms with Gasteiger partial charge in [0.25, 0.3) is 0 Å². The van der Waals surface area contributed by atoms with Crippen LogP contribution in [0.25, 0.3) is 0 Å². The van der Waals surface area contributed by atoms with Crippen molar-refractivity contribution < 1.29 is 9.59 Å². The Labute approximate surface area is 86.6 Å². The predicted molar refractivity (Wildman–Crippen MR) is 54.0 cm³/mol. The molecule has 1 aliphatic heterocycles. The van der Waals surface area contributed by atoms with Crippen molar-refractivity contribution in [3.8, 4) is 0 Å². The minimum atomic E-state index is -0.283. The molecule has 0 amide bonds. The molecule has 0 aromatic rings. The minimum Gasteiger partial charge on any atom is -0.306 e. The molecule has 0 spiro atoms. The first-order chi connectivity index (χ1) is 6.15. The maximum absolute atomic E-state index is 11.4. The molecule has 0 radical (unpaired) electrons. The summed E-state index contributed by atoms with van der Waals surface area (Å²) in [4.78, 5) is 24.7. The van der Waals surface area contributed by atoms with Crippen molar-refractivity contribution in [1.82, 2.24) is 4.90 Å². The van der Waals surface area contributed by atoms with Gasteiger partial charge in [0, 0.05) is 5.92 Å². The van der Waals surface area contributed by atoms with Crippen LogP contribution < -0.4 is 0 Å². The van der Waals surface area contributed by atoms with Gasteiger partial charge >= 0.3 is 0 Å². The fourth-order valence-electron chi connectivity index (χ4n) is 1.56. The molecule has 3 nitrogen and oxygen atoms in total. The number of hydrogen-bond acceptors (Lipinski definition) is 3. The van der Waals surface area contributed by atoms with E-state index in [2.05, 4.69) is 20.8 Å². The Balaban J connectivity index is 2.44. The van der Waals surface area contributed by atoms with Crippen molar-refractivity contribution >= 4 is 27.5 Å². The SMILES string of the molecule is CN1CCC(C(=O)C(=O)CBr)CC1. The number of hydrogen-bond donors (Lipinski definition) is 0. The number of carbonyl (C=O) groups is 2. The van der Waals surface area contributed by atoms with Crippen molar-refractivity contribution in [1.29, 1.82) is 0 Å². The Morgan fingerprint density at radius 2 is 1.92 bits per heavy atom. The smallest absolute Gasteiger partial charge is 0.209 e. The third kappa shape index (κ3) is 2.88. The molecular formula is C9H14BrNO2. The van der Waals surface area contributed by atoms with Crippen LogP contribution >= 0.6 is 15.9 Å². The monoisotopic (exact) mass is 247 g/mol. The fraction of sp³-hybridized carbons (Fsp3) is 0.778. The van der Waals surface area contributed by atoms with Crippen LogP contribution in [0.3, 0.4) is 0 Å². The number of rotatable bonds is 3. The summed E-state index contributed by atoms with van der Waals surface area (Å²) in [5.41, 5.74) is 0. The van der Waals surface area contributed by atoms with Gasteiger partial charge in [0.05, 0.1) is 5.33 Å². The van der Waals surface area contributed by atoms with E-state index in [0.717, 1.165) is 25.9 Å². The number of carbonyl (C=O) groups excluding carboxylic acids is 2. The zero-order chi connectivity index (χ0) is 9.84. The van der Waals surface area contributed by atoms with E-state index in [1.54, 1.807) is 0 Å². The molecule has 0 aliphatic carbocycles. The van der Waals surface area contributed by atoms with E-state index in [9.17, 15) is 9.59 Å². The van der Waals surface area contributed by atoms with Gasteiger partial charge in [0.2, 0.25) is 11.6 Å². The normalized spacial score (nSPS) is 20.2. The lowest BCUT2D eigenvalue weighted by Crippen LogP contribution is -2.36. The molecule has 1 rings (SSSR count). The van der Waals surface area contributed by atoms with Crippen molar-refractivity contribution in [2.24, 2.45) is 5.92 Å². The number of likely N-dealkylation sites (tertiary alicyclic amines) is 1. The number of piperidine rings is 1. The molecule has 0 saturated carbocycles.